The van der Waals surface area contributed by atoms with Crippen molar-refractivity contribution in [3.63, 3.8) is 0 Å². The lowest BCUT2D eigenvalue weighted by atomic mass is 10.1. The molecule has 1 fully saturated rings. The molecule has 11 heteroatoms. The lowest BCUT2D eigenvalue weighted by Crippen LogP contribution is -2.48. The highest BCUT2D eigenvalue weighted by atomic mass is 19.4. The van der Waals surface area contributed by atoms with Crippen LogP contribution in [-0.4, -0.2) is 57.1 Å². The molecule has 2 aliphatic rings. The number of fused-ring (bicyclic) bond motifs is 2. The average Bonchev–Trinajstić information content (AvgIpc) is 3.51. The summed E-state index contributed by atoms with van der Waals surface area (Å²) >= 11 is 0. The van der Waals surface area contributed by atoms with E-state index in [4.69, 9.17) is 0 Å². The number of likely N-dealkylation sites (tertiary alicyclic amines) is 1. The number of carbonyl (C=O) groups is 2. The number of hydrogen-bond acceptors (Lipinski definition) is 5. The Labute approximate surface area is 191 Å². The highest BCUT2D eigenvalue weighted by Gasteiger charge is 2.48. The summed E-state index contributed by atoms with van der Waals surface area (Å²) in [6.45, 7) is -0.239. The zero-order chi connectivity index (χ0) is 24.0. The fourth-order valence-electron chi connectivity index (χ4n) is 4.64. The molecule has 34 heavy (non-hydrogen) atoms. The summed E-state index contributed by atoms with van der Waals surface area (Å²) in [5.74, 6) is -1.12. The molecule has 1 atom stereocenters. The van der Waals surface area contributed by atoms with Gasteiger partial charge in [-0.05, 0) is 42.7 Å². The first-order valence-corrected chi connectivity index (χ1v) is 10.7. The summed E-state index contributed by atoms with van der Waals surface area (Å²) in [7, 11) is 0. The Kier molecular flexibility index (Phi) is 5.16. The molecule has 1 saturated heterocycles. The Hall–Kier alpha value is -4.07. The number of nitrogens with one attached hydrogen (secondary N) is 2. The molecule has 174 valence electrons. The monoisotopic (exact) mass is 468 g/mol. The predicted octanol–water partition coefficient (Wildman–Crippen LogP) is 3.69. The first-order chi connectivity index (χ1) is 16.3. The Balaban J connectivity index is 1.36. The number of aromatic nitrogens is 2. The molecule has 0 saturated carbocycles. The van der Waals surface area contributed by atoms with E-state index < -0.39 is 30.6 Å². The van der Waals surface area contributed by atoms with Crippen molar-refractivity contribution in [2.24, 2.45) is 0 Å². The van der Waals surface area contributed by atoms with Crippen LogP contribution in [0.3, 0.4) is 0 Å². The molecule has 3 aromatic rings. The smallest absolute Gasteiger partial charge is 0.355 e. The molecule has 0 radical (unpaired) electrons. The number of halogens is 3. The van der Waals surface area contributed by atoms with Gasteiger partial charge in [-0.3, -0.25) is 14.7 Å². The number of H-pyrrole nitrogens is 1. The Morgan fingerprint density at radius 3 is 2.88 bits per heavy atom. The third-order valence-corrected chi connectivity index (χ3v) is 6.24. The molecule has 2 amide bonds. The van der Waals surface area contributed by atoms with Gasteiger partial charge in [0, 0.05) is 24.2 Å². The van der Waals surface area contributed by atoms with E-state index >= 15 is 0 Å². The van der Waals surface area contributed by atoms with Crippen LogP contribution in [0.2, 0.25) is 0 Å². The Morgan fingerprint density at radius 2 is 2.12 bits per heavy atom. The second kappa shape index (κ2) is 8.06. The van der Waals surface area contributed by atoms with Gasteiger partial charge >= 0.3 is 6.18 Å². The number of amides is 2. The summed E-state index contributed by atoms with van der Waals surface area (Å²) < 4.78 is 39.8. The number of alkyl halides is 3. The van der Waals surface area contributed by atoms with Crippen molar-refractivity contribution >= 4 is 34.1 Å². The molecule has 1 aromatic heterocycles. The summed E-state index contributed by atoms with van der Waals surface area (Å²) in [5, 5.41) is 19.7. The topological polar surface area (TPSA) is 105 Å². The average molecular weight is 468 g/mol. The molecular weight excluding hydrogens is 449 g/mol. The normalized spacial score (nSPS) is 17.8. The van der Waals surface area contributed by atoms with Gasteiger partial charge < -0.3 is 15.1 Å². The van der Waals surface area contributed by atoms with Crippen LogP contribution in [0.4, 0.5) is 24.5 Å². The number of anilines is 2. The van der Waals surface area contributed by atoms with E-state index in [0.29, 0.717) is 33.4 Å². The van der Waals surface area contributed by atoms with Crippen LogP contribution in [0.1, 0.15) is 34.5 Å². The summed E-state index contributed by atoms with van der Waals surface area (Å²) in [6, 6.07) is 10.7. The molecular formula is C23H19F3N6O2. The van der Waals surface area contributed by atoms with Crippen molar-refractivity contribution in [1.82, 2.24) is 20.0 Å². The Bertz CT molecular complexity index is 1340. The van der Waals surface area contributed by atoms with Crippen LogP contribution in [-0.2, 0) is 11.3 Å². The lowest BCUT2D eigenvalue weighted by Gasteiger charge is -2.28. The minimum absolute atomic E-state index is 0.0337. The van der Waals surface area contributed by atoms with Gasteiger partial charge in [-0.1, -0.05) is 12.1 Å². The first-order valence-electron chi connectivity index (χ1n) is 10.7. The van der Waals surface area contributed by atoms with Crippen molar-refractivity contribution in [3.8, 4) is 6.07 Å². The van der Waals surface area contributed by atoms with E-state index in [1.807, 2.05) is 6.07 Å². The molecule has 0 aliphatic carbocycles. The molecule has 2 aromatic carbocycles. The van der Waals surface area contributed by atoms with E-state index in [-0.39, 0.29) is 31.6 Å². The fourth-order valence-corrected chi connectivity index (χ4v) is 4.64. The third-order valence-electron chi connectivity index (χ3n) is 6.24. The van der Waals surface area contributed by atoms with Crippen LogP contribution in [0.5, 0.6) is 0 Å². The maximum absolute atomic E-state index is 13.3. The predicted molar refractivity (Wildman–Crippen MR) is 116 cm³/mol. The second-order valence-electron chi connectivity index (χ2n) is 8.36. The van der Waals surface area contributed by atoms with Gasteiger partial charge in [0.05, 0.1) is 16.8 Å². The minimum Gasteiger partial charge on any atom is -0.355 e. The van der Waals surface area contributed by atoms with Crippen LogP contribution in [0.25, 0.3) is 10.9 Å². The lowest BCUT2D eigenvalue weighted by molar-refractivity contribution is -0.182. The largest absolute Gasteiger partial charge is 0.408 e. The van der Waals surface area contributed by atoms with E-state index in [9.17, 15) is 28.0 Å². The second-order valence-corrected chi connectivity index (χ2v) is 8.36. The van der Waals surface area contributed by atoms with Gasteiger partial charge in [-0.25, -0.2) is 0 Å². The highest BCUT2D eigenvalue weighted by Crippen LogP contribution is 2.35. The molecule has 2 aliphatic heterocycles. The van der Waals surface area contributed by atoms with E-state index in [2.05, 4.69) is 15.5 Å². The molecule has 3 heterocycles. The van der Waals surface area contributed by atoms with Gasteiger partial charge in [0.2, 0.25) is 5.91 Å². The minimum atomic E-state index is -4.48. The van der Waals surface area contributed by atoms with E-state index in [0.717, 1.165) is 4.90 Å². The number of hydrogen-bond donors (Lipinski definition) is 2. The van der Waals surface area contributed by atoms with Gasteiger partial charge in [-0.2, -0.15) is 23.5 Å². The number of nitriles is 1. The third kappa shape index (κ3) is 3.71. The summed E-state index contributed by atoms with van der Waals surface area (Å²) in [5.41, 5.74) is 3.13. The molecule has 5 rings (SSSR count). The number of rotatable bonds is 4. The molecule has 0 bridgehead atoms. The van der Waals surface area contributed by atoms with E-state index in [1.165, 1.54) is 4.90 Å². The maximum Gasteiger partial charge on any atom is 0.408 e. The van der Waals surface area contributed by atoms with Crippen molar-refractivity contribution in [2.75, 3.05) is 18.4 Å². The van der Waals surface area contributed by atoms with Gasteiger partial charge in [-0.15, -0.1) is 0 Å². The quantitative estimate of drug-likeness (QED) is 0.608. The van der Waals surface area contributed by atoms with E-state index in [1.54, 1.807) is 36.4 Å². The highest BCUT2D eigenvalue weighted by molar-refractivity contribution is 6.05. The summed E-state index contributed by atoms with van der Waals surface area (Å²) in [6.07, 6.45) is -4.32. The fraction of sp³-hybridized carbons (Fsp3) is 0.304. The van der Waals surface area contributed by atoms with Crippen LogP contribution in [0, 0.1) is 11.3 Å². The molecule has 0 spiro atoms. The van der Waals surface area contributed by atoms with Crippen molar-refractivity contribution < 1.29 is 22.8 Å². The summed E-state index contributed by atoms with van der Waals surface area (Å²) in [4.78, 5) is 27.9. The number of nitrogens with zero attached hydrogens (tertiary/aromatic N) is 4. The van der Waals surface area contributed by atoms with Gasteiger partial charge in [0.1, 0.15) is 18.7 Å². The zero-order valence-electron chi connectivity index (χ0n) is 17.8. The van der Waals surface area contributed by atoms with Crippen molar-refractivity contribution in [3.05, 3.63) is 53.2 Å². The number of aromatic amines is 1. The maximum atomic E-state index is 13.3. The van der Waals surface area contributed by atoms with Gasteiger partial charge in [0.25, 0.3) is 5.91 Å². The molecule has 8 nitrogen and oxygen atoms in total. The first kappa shape index (κ1) is 21.8. The SMILES string of the molecule is N#Cc1n[nH]c2ccc(Nc3cccc4c3C(=O)N(CC(=O)N3CCC[C@H]3C(F)(F)F)C4)cc12. The Morgan fingerprint density at radius 1 is 1.29 bits per heavy atom. The van der Waals surface area contributed by atoms with Gasteiger partial charge in [0.15, 0.2) is 5.69 Å². The van der Waals surface area contributed by atoms with Crippen molar-refractivity contribution in [1.29, 1.82) is 5.26 Å². The standard InChI is InChI=1S/C23H19F3N6O2/c24-23(25,26)19-5-2-8-32(19)20(33)12-31-11-13-3-1-4-17(21(13)22(31)34)28-14-6-7-16-15(9-14)18(10-27)30-29-16/h1,3-4,6-7,9,19,28H,2,5,8,11-12H2,(H,29,30)/t19-/m0/s1. The van der Waals surface area contributed by atoms with Crippen LogP contribution < -0.4 is 5.32 Å². The molecule has 2 N–H and O–H groups in total. The number of benzene rings is 2. The molecule has 0 unspecified atom stereocenters. The van der Waals surface area contributed by atoms with Crippen LogP contribution >= 0.6 is 0 Å². The number of carbonyl (C=O) groups excluding carboxylic acids is 2. The zero-order valence-corrected chi connectivity index (χ0v) is 17.8. The van der Waals surface area contributed by atoms with Crippen molar-refractivity contribution in [2.45, 2.75) is 31.6 Å². The van der Waals surface area contributed by atoms with Crippen LogP contribution in [0.15, 0.2) is 36.4 Å².